The molecule has 154 valence electrons. The molecule has 0 radical (unpaired) electrons. The number of aliphatic hydroxyl groups excluding tert-OH is 2. The Hall–Kier alpha value is -2.03. The van der Waals surface area contributed by atoms with Gasteiger partial charge in [-0.05, 0) is 37.2 Å². The van der Waals surface area contributed by atoms with Gasteiger partial charge in [-0.1, -0.05) is 29.3 Å². The fourth-order valence-corrected chi connectivity index (χ4v) is 3.30. The van der Waals surface area contributed by atoms with Crippen molar-refractivity contribution in [1.82, 2.24) is 19.9 Å². The summed E-state index contributed by atoms with van der Waals surface area (Å²) in [5.74, 6) is 0.616. The number of benzene rings is 1. The molecule has 0 aliphatic carbocycles. The number of nitrogens with one attached hydrogen (secondary N) is 1. The first-order valence-electron chi connectivity index (χ1n) is 9.38. The van der Waals surface area contributed by atoms with Crippen molar-refractivity contribution in [3.63, 3.8) is 0 Å². The SMILES string of the molecule is OCCN(CCO)CCCNc1nc2cc(Cl)c(Cl)cc2nc1-c1ccccn1. The fourth-order valence-electron chi connectivity index (χ4n) is 2.98. The molecular formula is C20H23Cl2N5O2. The van der Waals surface area contributed by atoms with Gasteiger partial charge in [-0.15, -0.1) is 0 Å². The second kappa shape index (κ2) is 10.7. The largest absolute Gasteiger partial charge is 0.395 e. The van der Waals surface area contributed by atoms with E-state index in [0.717, 1.165) is 13.0 Å². The third-order valence-electron chi connectivity index (χ3n) is 4.39. The normalized spacial score (nSPS) is 11.3. The van der Waals surface area contributed by atoms with Crippen LogP contribution in [0.4, 0.5) is 5.82 Å². The van der Waals surface area contributed by atoms with Crippen LogP contribution in [0.1, 0.15) is 6.42 Å². The maximum Gasteiger partial charge on any atom is 0.154 e. The number of rotatable bonds is 10. The molecule has 1 aromatic carbocycles. The van der Waals surface area contributed by atoms with Gasteiger partial charge in [0.05, 0.1) is 40.0 Å². The van der Waals surface area contributed by atoms with Gasteiger partial charge in [-0.2, -0.15) is 0 Å². The molecule has 9 heteroatoms. The molecular weight excluding hydrogens is 413 g/mol. The number of halogens is 2. The number of anilines is 1. The Bertz CT molecular complexity index is 937. The molecule has 29 heavy (non-hydrogen) atoms. The first-order valence-corrected chi connectivity index (χ1v) is 10.1. The smallest absolute Gasteiger partial charge is 0.154 e. The van der Waals surface area contributed by atoms with Crippen molar-refractivity contribution in [2.75, 3.05) is 44.7 Å². The molecule has 0 bridgehead atoms. The van der Waals surface area contributed by atoms with Crippen LogP contribution in [0.2, 0.25) is 10.0 Å². The third kappa shape index (κ3) is 5.74. The van der Waals surface area contributed by atoms with Crippen LogP contribution >= 0.6 is 23.2 Å². The molecule has 0 aliphatic heterocycles. The van der Waals surface area contributed by atoms with E-state index in [2.05, 4.69) is 10.3 Å². The Balaban J connectivity index is 1.82. The maximum absolute atomic E-state index is 9.12. The Labute approximate surface area is 179 Å². The first kappa shape index (κ1) is 21.7. The second-order valence-corrected chi connectivity index (χ2v) is 7.27. The van der Waals surface area contributed by atoms with Gasteiger partial charge < -0.3 is 15.5 Å². The summed E-state index contributed by atoms with van der Waals surface area (Å²) in [6.07, 6.45) is 2.52. The van der Waals surface area contributed by atoms with Gasteiger partial charge in [-0.3, -0.25) is 9.88 Å². The number of aromatic nitrogens is 3. The molecule has 3 N–H and O–H groups in total. The number of pyridine rings is 1. The topological polar surface area (TPSA) is 94.4 Å². The number of hydrogen-bond donors (Lipinski definition) is 3. The molecule has 0 saturated carbocycles. The summed E-state index contributed by atoms with van der Waals surface area (Å²) in [5, 5.41) is 22.4. The van der Waals surface area contributed by atoms with Crippen LogP contribution in [0, 0.1) is 0 Å². The van der Waals surface area contributed by atoms with Gasteiger partial charge in [0, 0.05) is 25.8 Å². The average molecular weight is 436 g/mol. The van der Waals surface area contributed by atoms with E-state index < -0.39 is 0 Å². The zero-order valence-electron chi connectivity index (χ0n) is 15.9. The molecule has 2 aromatic heterocycles. The number of hydrogen-bond acceptors (Lipinski definition) is 7. The third-order valence-corrected chi connectivity index (χ3v) is 5.11. The Morgan fingerprint density at radius 2 is 1.62 bits per heavy atom. The Morgan fingerprint density at radius 1 is 0.931 bits per heavy atom. The van der Waals surface area contributed by atoms with Crippen molar-refractivity contribution >= 4 is 40.1 Å². The van der Waals surface area contributed by atoms with Gasteiger partial charge in [0.1, 0.15) is 5.69 Å². The molecule has 0 spiro atoms. The lowest BCUT2D eigenvalue weighted by molar-refractivity contribution is 0.161. The Morgan fingerprint density at radius 3 is 2.24 bits per heavy atom. The molecule has 0 unspecified atom stereocenters. The zero-order valence-corrected chi connectivity index (χ0v) is 17.4. The lowest BCUT2D eigenvalue weighted by Crippen LogP contribution is -2.31. The fraction of sp³-hybridized carbons (Fsp3) is 0.350. The predicted octanol–water partition coefficient (Wildman–Crippen LogP) is 3.09. The molecule has 3 aromatic rings. The molecule has 3 rings (SSSR count). The maximum atomic E-state index is 9.12. The van der Waals surface area contributed by atoms with Crippen LogP contribution in [0.15, 0.2) is 36.5 Å². The molecule has 0 saturated heterocycles. The molecule has 0 fully saturated rings. The van der Waals surface area contributed by atoms with Crippen molar-refractivity contribution in [2.45, 2.75) is 6.42 Å². The minimum Gasteiger partial charge on any atom is -0.395 e. The van der Waals surface area contributed by atoms with Crippen LogP contribution in [0.25, 0.3) is 22.4 Å². The lowest BCUT2D eigenvalue weighted by Gasteiger charge is -2.20. The van der Waals surface area contributed by atoms with E-state index in [0.29, 0.717) is 57.9 Å². The highest BCUT2D eigenvalue weighted by atomic mass is 35.5. The average Bonchev–Trinajstić information content (AvgIpc) is 2.72. The first-order chi connectivity index (χ1) is 14.1. The van der Waals surface area contributed by atoms with E-state index >= 15 is 0 Å². The second-order valence-electron chi connectivity index (χ2n) is 6.46. The zero-order chi connectivity index (χ0) is 20.6. The van der Waals surface area contributed by atoms with Crippen molar-refractivity contribution in [2.24, 2.45) is 0 Å². The summed E-state index contributed by atoms with van der Waals surface area (Å²) >= 11 is 12.3. The van der Waals surface area contributed by atoms with E-state index in [1.807, 2.05) is 23.1 Å². The minimum atomic E-state index is 0.0662. The van der Waals surface area contributed by atoms with E-state index in [9.17, 15) is 0 Å². The van der Waals surface area contributed by atoms with Crippen LogP contribution in [0.5, 0.6) is 0 Å². The summed E-state index contributed by atoms with van der Waals surface area (Å²) in [7, 11) is 0. The van der Waals surface area contributed by atoms with Gasteiger partial charge in [-0.25, -0.2) is 9.97 Å². The summed E-state index contributed by atoms with van der Waals surface area (Å²) < 4.78 is 0. The van der Waals surface area contributed by atoms with E-state index in [1.165, 1.54) is 0 Å². The highest BCUT2D eigenvalue weighted by Crippen LogP contribution is 2.30. The van der Waals surface area contributed by atoms with Crippen LogP contribution in [0.3, 0.4) is 0 Å². The van der Waals surface area contributed by atoms with Crippen LogP contribution in [-0.4, -0.2) is 69.5 Å². The summed E-state index contributed by atoms with van der Waals surface area (Å²) in [5.41, 5.74) is 2.63. The van der Waals surface area contributed by atoms with Crippen molar-refractivity contribution in [1.29, 1.82) is 0 Å². The highest BCUT2D eigenvalue weighted by Gasteiger charge is 2.14. The monoisotopic (exact) mass is 435 g/mol. The van der Waals surface area contributed by atoms with Gasteiger partial charge in [0.25, 0.3) is 0 Å². The standard InChI is InChI=1S/C20H23Cl2N5O2/c21-14-12-17-18(13-15(14)22)26-20(19(25-17)16-4-1-2-5-23-16)24-6-3-7-27(8-10-28)9-11-29/h1-2,4-5,12-13,28-29H,3,6-11H2,(H,24,26). The number of nitrogens with zero attached hydrogens (tertiary/aromatic N) is 4. The molecule has 2 heterocycles. The lowest BCUT2D eigenvalue weighted by atomic mass is 10.2. The predicted molar refractivity (Wildman–Crippen MR) is 117 cm³/mol. The van der Waals surface area contributed by atoms with E-state index in [4.69, 9.17) is 43.4 Å². The molecule has 0 atom stereocenters. The Kier molecular flexibility index (Phi) is 7.97. The summed E-state index contributed by atoms with van der Waals surface area (Å²) in [4.78, 5) is 15.8. The van der Waals surface area contributed by atoms with E-state index in [1.54, 1.807) is 18.3 Å². The molecule has 7 nitrogen and oxygen atoms in total. The highest BCUT2D eigenvalue weighted by molar-refractivity contribution is 6.42. The minimum absolute atomic E-state index is 0.0662. The van der Waals surface area contributed by atoms with E-state index in [-0.39, 0.29) is 13.2 Å². The van der Waals surface area contributed by atoms with Gasteiger partial charge in [0.15, 0.2) is 5.82 Å². The van der Waals surface area contributed by atoms with Crippen molar-refractivity contribution < 1.29 is 10.2 Å². The number of fused-ring (bicyclic) bond motifs is 1. The summed E-state index contributed by atoms with van der Waals surface area (Å²) in [6, 6.07) is 9.02. The molecule has 0 aliphatic rings. The van der Waals surface area contributed by atoms with Crippen LogP contribution < -0.4 is 5.32 Å². The number of aliphatic hydroxyl groups is 2. The quantitative estimate of drug-likeness (QED) is 0.421. The molecule has 0 amide bonds. The van der Waals surface area contributed by atoms with Gasteiger partial charge in [0.2, 0.25) is 0 Å². The summed E-state index contributed by atoms with van der Waals surface area (Å²) in [6.45, 7) is 2.60. The van der Waals surface area contributed by atoms with Crippen LogP contribution in [-0.2, 0) is 0 Å². The van der Waals surface area contributed by atoms with Gasteiger partial charge >= 0.3 is 0 Å². The van der Waals surface area contributed by atoms with Crippen molar-refractivity contribution in [3.05, 3.63) is 46.6 Å². The van der Waals surface area contributed by atoms with Crippen molar-refractivity contribution in [3.8, 4) is 11.4 Å².